The Bertz CT molecular complexity index is 973. The van der Waals surface area contributed by atoms with Crippen LogP contribution in [0, 0.1) is 6.92 Å². The molecule has 0 bridgehead atoms. The number of fused-ring (bicyclic) bond motifs is 1. The standard InChI is InChI=1S/C22H22O6/c1-4-25-21(23)19-14(3)27-18-12-11-16(13-17(18)19)28-20(22(24)26-5-2)15-9-7-6-8-10-15/h6-13,20H,4-5H2,1-3H3/t20-/m1/s1. The molecule has 0 unspecified atom stereocenters. The van der Waals surface area contributed by atoms with Gasteiger partial charge in [0, 0.05) is 10.9 Å². The summed E-state index contributed by atoms with van der Waals surface area (Å²) in [5.74, 6) is -0.0555. The summed E-state index contributed by atoms with van der Waals surface area (Å²) in [7, 11) is 0. The van der Waals surface area contributed by atoms with Gasteiger partial charge in [0.05, 0.1) is 13.2 Å². The molecule has 1 atom stereocenters. The predicted octanol–water partition coefficient (Wildman–Crippen LogP) is 4.60. The lowest BCUT2D eigenvalue weighted by Crippen LogP contribution is -2.21. The minimum atomic E-state index is -0.919. The van der Waals surface area contributed by atoms with Gasteiger partial charge in [-0.05, 0) is 39.0 Å². The zero-order valence-corrected chi connectivity index (χ0v) is 16.1. The maximum Gasteiger partial charge on any atom is 0.352 e. The molecule has 3 rings (SSSR count). The van der Waals surface area contributed by atoms with E-state index in [4.69, 9.17) is 18.6 Å². The van der Waals surface area contributed by atoms with Crippen LogP contribution in [0.1, 0.15) is 41.6 Å². The topological polar surface area (TPSA) is 75.0 Å². The van der Waals surface area contributed by atoms with E-state index >= 15 is 0 Å². The molecule has 0 amide bonds. The lowest BCUT2D eigenvalue weighted by molar-refractivity contribution is -0.151. The number of aryl methyl sites for hydroxylation is 1. The van der Waals surface area contributed by atoms with E-state index in [9.17, 15) is 9.59 Å². The van der Waals surface area contributed by atoms with Crippen LogP contribution in [0.2, 0.25) is 0 Å². The van der Waals surface area contributed by atoms with E-state index in [0.717, 1.165) is 0 Å². The van der Waals surface area contributed by atoms with E-state index in [1.807, 2.05) is 18.2 Å². The Morgan fingerprint density at radius 1 is 1.00 bits per heavy atom. The summed E-state index contributed by atoms with van der Waals surface area (Å²) in [6, 6.07) is 14.2. The van der Waals surface area contributed by atoms with Gasteiger partial charge < -0.3 is 18.6 Å². The van der Waals surface area contributed by atoms with E-state index in [0.29, 0.717) is 33.6 Å². The summed E-state index contributed by atoms with van der Waals surface area (Å²) >= 11 is 0. The van der Waals surface area contributed by atoms with Crippen molar-refractivity contribution in [1.29, 1.82) is 0 Å². The summed E-state index contributed by atoms with van der Waals surface area (Å²) in [6.07, 6.45) is -0.919. The molecule has 0 fully saturated rings. The Kier molecular flexibility index (Phi) is 5.99. The monoisotopic (exact) mass is 382 g/mol. The molecule has 6 nitrogen and oxygen atoms in total. The van der Waals surface area contributed by atoms with Gasteiger partial charge in [-0.3, -0.25) is 0 Å². The van der Waals surface area contributed by atoms with Crippen molar-refractivity contribution in [2.24, 2.45) is 0 Å². The van der Waals surface area contributed by atoms with Gasteiger partial charge in [0.2, 0.25) is 6.10 Å². The predicted molar refractivity (Wildman–Crippen MR) is 103 cm³/mol. The largest absolute Gasteiger partial charge is 0.474 e. The highest BCUT2D eigenvalue weighted by Gasteiger charge is 2.25. The average molecular weight is 382 g/mol. The molecule has 0 aliphatic carbocycles. The second-order valence-electron chi connectivity index (χ2n) is 6.07. The van der Waals surface area contributed by atoms with E-state index in [1.165, 1.54) is 0 Å². The van der Waals surface area contributed by atoms with E-state index in [1.54, 1.807) is 51.1 Å². The number of furan rings is 1. The lowest BCUT2D eigenvalue weighted by Gasteiger charge is -2.18. The number of hydrogen-bond donors (Lipinski definition) is 0. The SMILES string of the molecule is CCOC(=O)c1c(C)oc2ccc(O[C@@H](C(=O)OCC)c3ccccc3)cc12. The first-order chi connectivity index (χ1) is 13.5. The Hall–Kier alpha value is -3.28. The zero-order chi connectivity index (χ0) is 20.1. The van der Waals surface area contributed by atoms with Crippen LogP contribution in [0.3, 0.4) is 0 Å². The fourth-order valence-corrected chi connectivity index (χ4v) is 2.96. The number of benzene rings is 2. The van der Waals surface area contributed by atoms with E-state index in [2.05, 4.69) is 0 Å². The number of carbonyl (C=O) groups excluding carboxylic acids is 2. The third-order valence-electron chi connectivity index (χ3n) is 4.17. The Morgan fingerprint density at radius 3 is 2.39 bits per heavy atom. The van der Waals surface area contributed by atoms with Crippen LogP contribution in [-0.2, 0) is 14.3 Å². The van der Waals surface area contributed by atoms with Crippen LogP contribution in [0.5, 0.6) is 5.75 Å². The molecule has 1 aromatic heterocycles. The Morgan fingerprint density at radius 2 is 1.71 bits per heavy atom. The third-order valence-corrected chi connectivity index (χ3v) is 4.17. The summed E-state index contributed by atoms with van der Waals surface area (Å²) < 4.78 is 21.9. The average Bonchev–Trinajstić information content (AvgIpc) is 3.02. The molecule has 0 radical (unpaired) electrons. The molecule has 0 saturated carbocycles. The van der Waals surface area contributed by atoms with Crippen molar-refractivity contribution in [3.63, 3.8) is 0 Å². The van der Waals surface area contributed by atoms with Gasteiger partial charge in [0.1, 0.15) is 22.7 Å². The van der Waals surface area contributed by atoms with E-state index in [-0.39, 0.29) is 13.2 Å². The van der Waals surface area contributed by atoms with Gasteiger partial charge in [0.15, 0.2) is 0 Å². The van der Waals surface area contributed by atoms with Crippen LogP contribution < -0.4 is 4.74 Å². The van der Waals surface area contributed by atoms with Gasteiger partial charge in [-0.1, -0.05) is 30.3 Å². The molecule has 6 heteroatoms. The summed E-state index contributed by atoms with van der Waals surface area (Å²) in [5.41, 5.74) is 1.57. The molecular weight excluding hydrogens is 360 g/mol. The quantitative estimate of drug-likeness (QED) is 0.556. The summed E-state index contributed by atoms with van der Waals surface area (Å²) in [4.78, 5) is 24.7. The van der Waals surface area contributed by atoms with Crippen molar-refractivity contribution in [2.75, 3.05) is 13.2 Å². The van der Waals surface area contributed by atoms with E-state index < -0.39 is 18.0 Å². The normalized spacial score (nSPS) is 11.8. The van der Waals surface area contributed by atoms with Crippen LogP contribution in [-0.4, -0.2) is 25.2 Å². The molecular formula is C22H22O6. The maximum absolute atomic E-state index is 12.4. The van der Waals surface area contributed by atoms with Gasteiger partial charge >= 0.3 is 11.9 Å². The third kappa shape index (κ3) is 4.01. The smallest absolute Gasteiger partial charge is 0.352 e. The van der Waals surface area contributed by atoms with Crippen molar-refractivity contribution in [1.82, 2.24) is 0 Å². The van der Waals surface area contributed by atoms with Crippen LogP contribution >= 0.6 is 0 Å². The highest BCUT2D eigenvalue weighted by molar-refractivity contribution is 6.04. The first kappa shape index (κ1) is 19.5. The molecule has 1 heterocycles. The van der Waals surface area contributed by atoms with Crippen LogP contribution in [0.25, 0.3) is 11.0 Å². The van der Waals surface area contributed by atoms with Crippen LogP contribution in [0.4, 0.5) is 0 Å². The van der Waals surface area contributed by atoms with Gasteiger partial charge in [-0.15, -0.1) is 0 Å². The molecule has 3 aromatic rings. The molecule has 0 aliphatic heterocycles. The zero-order valence-electron chi connectivity index (χ0n) is 16.1. The second kappa shape index (κ2) is 8.61. The first-order valence-electron chi connectivity index (χ1n) is 9.13. The fraction of sp³-hybridized carbons (Fsp3) is 0.273. The van der Waals surface area contributed by atoms with Gasteiger partial charge in [-0.25, -0.2) is 9.59 Å². The molecule has 146 valence electrons. The molecule has 0 N–H and O–H groups in total. The first-order valence-corrected chi connectivity index (χ1v) is 9.13. The number of ether oxygens (including phenoxy) is 3. The molecule has 0 aliphatic rings. The molecule has 28 heavy (non-hydrogen) atoms. The van der Waals surface area contributed by atoms with Crippen molar-refractivity contribution < 1.29 is 28.2 Å². The minimum Gasteiger partial charge on any atom is -0.474 e. The van der Waals surface area contributed by atoms with Gasteiger partial charge in [0.25, 0.3) is 0 Å². The van der Waals surface area contributed by atoms with Crippen molar-refractivity contribution in [3.8, 4) is 5.75 Å². The van der Waals surface area contributed by atoms with Crippen molar-refractivity contribution >= 4 is 22.9 Å². The number of esters is 2. The van der Waals surface area contributed by atoms with Gasteiger partial charge in [-0.2, -0.15) is 0 Å². The fourth-order valence-electron chi connectivity index (χ4n) is 2.96. The van der Waals surface area contributed by atoms with Crippen molar-refractivity contribution in [3.05, 3.63) is 65.4 Å². The maximum atomic E-state index is 12.4. The summed E-state index contributed by atoms with van der Waals surface area (Å²) in [6.45, 7) is 5.70. The number of carbonyl (C=O) groups is 2. The molecule has 0 saturated heterocycles. The number of rotatable bonds is 7. The second-order valence-corrected chi connectivity index (χ2v) is 6.07. The summed E-state index contributed by atoms with van der Waals surface area (Å²) in [5, 5.41) is 0.573. The molecule has 0 spiro atoms. The lowest BCUT2D eigenvalue weighted by atomic mass is 10.1. The van der Waals surface area contributed by atoms with Crippen LogP contribution in [0.15, 0.2) is 52.9 Å². The Balaban J connectivity index is 1.98. The highest BCUT2D eigenvalue weighted by Crippen LogP contribution is 2.32. The number of hydrogen-bond acceptors (Lipinski definition) is 6. The van der Waals surface area contributed by atoms with Crippen molar-refractivity contribution in [2.45, 2.75) is 26.9 Å². The Labute approximate surface area is 163 Å². The molecule has 2 aromatic carbocycles. The highest BCUT2D eigenvalue weighted by atomic mass is 16.6. The minimum absolute atomic E-state index is 0.249.